The summed E-state index contributed by atoms with van der Waals surface area (Å²) in [5.74, 6) is 1.74. The molecule has 1 fully saturated rings. The molecule has 0 saturated heterocycles. The molecule has 1 aromatic carbocycles. The number of esters is 1. The standard InChI is InChI=1S/C25H28N4O3/c1-5-18-10-9-16-12-20(29(23(16)26-18)14-15-7-8-15)24-27-19-11-17(25(30)32-6-2)13-21(31-4)22(19)28(24)3/h9-13,15H,5-8,14H2,1-4H3. The maximum atomic E-state index is 12.4. The fourth-order valence-corrected chi connectivity index (χ4v) is 4.32. The van der Waals surface area contributed by atoms with Crippen LogP contribution in [-0.2, 0) is 24.8 Å². The summed E-state index contributed by atoms with van der Waals surface area (Å²) >= 11 is 0. The highest BCUT2D eigenvalue weighted by atomic mass is 16.5. The van der Waals surface area contributed by atoms with Crippen molar-refractivity contribution in [2.24, 2.45) is 13.0 Å². The zero-order valence-electron chi connectivity index (χ0n) is 19.0. The van der Waals surface area contributed by atoms with Crippen LogP contribution in [0.25, 0.3) is 33.6 Å². The Morgan fingerprint density at radius 2 is 1.97 bits per heavy atom. The third-order valence-corrected chi connectivity index (χ3v) is 6.20. The normalized spacial score (nSPS) is 13.8. The van der Waals surface area contributed by atoms with E-state index in [0.717, 1.165) is 46.7 Å². The van der Waals surface area contributed by atoms with Crippen molar-refractivity contribution in [1.29, 1.82) is 0 Å². The molecule has 5 rings (SSSR count). The van der Waals surface area contributed by atoms with Crippen LogP contribution in [0.2, 0.25) is 0 Å². The lowest BCUT2D eigenvalue weighted by Crippen LogP contribution is -2.06. The highest BCUT2D eigenvalue weighted by Gasteiger charge is 2.27. The van der Waals surface area contributed by atoms with Gasteiger partial charge in [-0.15, -0.1) is 0 Å². The third-order valence-electron chi connectivity index (χ3n) is 6.20. The molecule has 0 aliphatic heterocycles. The minimum absolute atomic E-state index is 0.320. The van der Waals surface area contributed by atoms with Crippen molar-refractivity contribution in [2.75, 3.05) is 13.7 Å². The zero-order chi connectivity index (χ0) is 22.4. The van der Waals surface area contributed by atoms with Gasteiger partial charge in [0.1, 0.15) is 16.9 Å². The Balaban J connectivity index is 1.72. The van der Waals surface area contributed by atoms with Gasteiger partial charge in [0.25, 0.3) is 0 Å². The van der Waals surface area contributed by atoms with E-state index in [-0.39, 0.29) is 5.97 Å². The van der Waals surface area contributed by atoms with Crippen LogP contribution >= 0.6 is 0 Å². The fourth-order valence-electron chi connectivity index (χ4n) is 4.32. The molecular weight excluding hydrogens is 404 g/mol. The molecule has 3 aromatic heterocycles. The maximum absolute atomic E-state index is 12.4. The first kappa shape index (κ1) is 20.5. The van der Waals surface area contributed by atoms with E-state index in [1.54, 1.807) is 26.2 Å². The lowest BCUT2D eigenvalue weighted by atomic mass is 10.2. The number of carbonyl (C=O) groups excluding carboxylic acids is 1. The number of rotatable bonds is 7. The van der Waals surface area contributed by atoms with E-state index < -0.39 is 0 Å². The second kappa shape index (κ2) is 7.97. The number of nitrogens with zero attached hydrogens (tertiary/aromatic N) is 4. The van der Waals surface area contributed by atoms with E-state index in [4.69, 9.17) is 19.4 Å². The van der Waals surface area contributed by atoms with E-state index in [2.05, 4.69) is 29.7 Å². The van der Waals surface area contributed by atoms with Gasteiger partial charge in [0.2, 0.25) is 0 Å². The lowest BCUT2D eigenvalue weighted by Gasteiger charge is -2.11. The van der Waals surface area contributed by atoms with Gasteiger partial charge in [0, 0.05) is 24.7 Å². The monoisotopic (exact) mass is 432 g/mol. The first-order valence-electron chi connectivity index (χ1n) is 11.2. The summed E-state index contributed by atoms with van der Waals surface area (Å²) in [6.45, 7) is 5.18. The maximum Gasteiger partial charge on any atom is 0.338 e. The molecule has 1 saturated carbocycles. The Kier molecular flexibility index (Phi) is 5.12. The SMILES string of the molecule is CCOC(=O)c1cc(OC)c2c(c1)nc(-c1cc3ccc(CC)nc3n1CC1CC1)n2C. The van der Waals surface area contributed by atoms with E-state index in [0.29, 0.717) is 29.4 Å². The number of benzene rings is 1. The summed E-state index contributed by atoms with van der Waals surface area (Å²) in [5.41, 5.74) is 5.12. The van der Waals surface area contributed by atoms with Crippen molar-refractivity contribution in [2.45, 2.75) is 39.7 Å². The summed E-state index contributed by atoms with van der Waals surface area (Å²) < 4.78 is 15.2. The summed E-state index contributed by atoms with van der Waals surface area (Å²) in [4.78, 5) is 22.2. The highest BCUT2D eigenvalue weighted by molar-refractivity contribution is 5.97. The second-order valence-electron chi connectivity index (χ2n) is 8.41. The predicted octanol–water partition coefficient (Wildman–Crippen LogP) is 4.75. The summed E-state index contributed by atoms with van der Waals surface area (Å²) in [6, 6.07) is 9.92. The largest absolute Gasteiger partial charge is 0.494 e. The molecule has 7 heteroatoms. The van der Waals surface area contributed by atoms with Crippen molar-refractivity contribution in [3.63, 3.8) is 0 Å². The van der Waals surface area contributed by atoms with Crippen molar-refractivity contribution in [3.8, 4) is 17.3 Å². The average molecular weight is 433 g/mol. The summed E-state index contributed by atoms with van der Waals surface area (Å²) in [6.07, 6.45) is 3.41. The van der Waals surface area contributed by atoms with Crippen molar-refractivity contribution in [1.82, 2.24) is 19.1 Å². The number of ether oxygens (including phenoxy) is 2. The van der Waals surface area contributed by atoms with Crippen LogP contribution in [0, 0.1) is 5.92 Å². The molecule has 0 N–H and O–H groups in total. The number of pyridine rings is 1. The van der Waals surface area contributed by atoms with Crippen LogP contribution in [-0.4, -0.2) is 38.8 Å². The Bertz CT molecular complexity index is 1330. The molecule has 32 heavy (non-hydrogen) atoms. The van der Waals surface area contributed by atoms with Gasteiger partial charge in [-0.2, -0.15) is 0 Å². The Hall–Kier alpha value is -3.35. The van der Waals surface area contributed by atoms with E-state index >= 15 is 0 Å². The molecule has 1 aliphatic rings. The van der Waals surface area contributed by atoms with E-state index in [1.165, 1.54) is 12.8 Å². The number of aryl methyl sites for hydroxylation is 2. The Labute approximate surface area is 187 Å². The van der Waals surface area contributed by atoms with Gasteiger partial charge in [0.15, 0.2) is 5.82 Å². The molecule has 4 aromatic rings. The number of methoxy groups -OCH3 is 1. The molecule has 0 unspecified atom stereocenters. The fraction of sp³-hybridized carbons (Fsp3) is 0.400. The first-order valence-corrected chi connectivity index (χ1v) is 11.2. The number of aromatic nitrogens is 4. The number of imidazole rings is 1. The quantitative estimate of drug-likeness (QED) is 0.394. The first-order chi connectivity index (χ1) is 15.5. The number of carbonyl (C=O) groups is 1. The minimum atomic E-state index is -0.376. The molecule has 0 spiro atoms. The molecular formula is C25H28N4O3. The molecule has 0 atom stereocenters. The van der Waals surface area contributed by atoms with E-state index in [9.17, 15) is 4.79 Å². The minimum Gasteiger partial charge on any atom is -0.494 e. The molecule has 0 bridgehead atoms. The van der Waals surface area contributed by atoms with Gasteiger partial charge in [0.05, 0.1) is 30.5 Å². The van der Waals surface area contributed by atoms with Gasteiger partial charge in [-0.25, -0.2) is 14.8 Å². The topological polar surface area (TPSA) is 71.2 Å². The van der Waals surface area contributed by atoms with Gasteiger partial charge in [-0.05, 0) is 62.4 Å². The van der Waals surface area contributed by atoms with E-state index in [1.807, 2.05) is 11.6 Å². The van der Waals surface area contributed by atoms with Crippen molar-refractivity contribution >= 4 is 28.0 Å². The number of hydrogen-bond acceptors (Lipinski definition) is 5. The molecule has 166 valence electrons. The number of hydrogen-bond donors (Lipinski definition) is 0. The Morgan fingerprint density at radius 1 is 1.16 bits per heavy atom. The van der Waals surface area contributed by atoms with Gasteiger partial charge < -0.3 is 18.6 Å². The van der Waals surface area contributed by atoms with Crippen LogP contribution in [0.15, 0.2) is 30.3 Å². The third kappa shape index (κ3) is 3.42. The molecule has 1 aliphatic carbocycles. The molecule has 3 heterocycles. The van der Waals surface area contributed by atoms with Crippen molar-refractivity contribution < 1.29 is 14.3 Å². The van der Waals surface area contributed by atoms with Crippen LogP contribution in [0.5, 0.6) is 5.75 Å². The summed E-state index contributed by atoms with van der Waals surface area (Å²) in [7, 11) is 3.60. The molecule has 0 radical (unpaired) electrons. The van der Waals surface area contributed by atoms with Crippen LogP contribution in [0.4, 0.5) is 0 Å². The predicted molar refractivity (Wildman–Crippen MR) is 124 cm³/mol. The smallest absolute Gasteiger partial charge is 0.338 e. The highest BCUT2D eigenvalue weighted by Crippen LogP contribution is 2.37. The zero-order valence-corrected chi connectivity index (χ0v) is 19.0. The lowest BCUT2D eigenvalue weighted by molar-refractivity contribution is 0.0526. The van der Waals surface area contributed by atoms with Gasteiger partial charge in [-0.1, -0.05) is 6.92 Å². The van der Waals surface area contributed by atoms with Gasteiger partial charge in [-0.3, -0.25) is 0 Å². The van der Waals surface area contributed by atoms with Crippen LogP contribution < -0.4 is 4.74 Å². The van der Waals surface area contributed by atoms with Crippen molar-refractivity contribution in [3.05, 3.63) is 41.6 Å². The average Bonchev–Trinajstić information content (AvgIpc) is 3.47. The molecule has 7 nitrogen and oxygen atoms in total. The van der Waals surface area contributed by atoms with Crippen LogP contribution in [0.1, 0.15) is 42.7 Å². The van der Waals surface area contributed by atoms with Gasteiger partial charge >= 0.3 is 5.97 Å². The second-order valence-corrected chi connectivity index (χ2v) is 8.41. The number of fused-ring (bicyclic) bond motifs is 2. The van der Waals surface area contributed by atoms with Crippen LogP contribution in [0.3, 0.4) is 0 Å². The molecule has 0 amide bonds. The summed E-state index contributed by atoms with van der Waals surface area (Å²) in [5, 5.41) is 1.11. The Morgan fingerprint density at radius 3 is 2.66 bits per heavy atom.